The van der Waals surface area contributed by atoms with Crippen LogP contribution >= 0.6 is 0 Å². The predicted molar refractivity (Wildman–Crippen MR) is 92.0 cm³/mol. The fourth-order valence-electron chi connectivity index (χ4n) is 4.36. The number of methoxy groups -OCH3 is 1. The molecule has 2 unspecified atom stereocenters. The second-order valence-electron chi connectivity index (χ2n) is 7.36. The van der Waals surface area contributed by atoms with Gasteiger partial charge in [-0.1, -0.05) is 12.2 Å². The normalized spacial score (nSPS) is 31.7. The van der Waals surface area contributed by atoms with Crippen molar-refractivity contribution in [2.75, 3.05) is 33.9 Å². The average Bonchev–Trinajstić information content (AvgIpc) is 3.34. The van der Waals surface area contributed by atoms with Gasteiger partial charge in [-0.05, 0) is 6.92 Å². The molecular formula is C18H24N4O4. The van der Waals surface area contributed by atoms with Crippen LogP contribution in [-0.4, -0.2) is 77.1 Å². The Kier molecular flexibility index (Phi) is 4.11. The molecule has 0 aromatic carbocycles. The first kappa shape index (κ1) is 17.2. The van der Waals surface area contributed by atoms with E-state index in [9.17, 15) is 9.59 Å². The average molecular weight is 360 g/mol. The van der Waals surface area contributed by atoms with Crippen molar-refractivity contribution in [1.82, 2.24) is 19.8 Å². The first-order valence-electron chi connectivity index (χ1n) is 8.85. The quantitative estimate of drug-likeness (QED) is 0.728. The van der Waals surface area contributed by atoms with Gasteiger partial charge in [-0.2, -0.15) is 0 Å². The number of nitrogens with one attached hydrogen (secondary N) is 1. The molecule has 2 amide bonds. The highest BCUT2D eigenvalue weighted by Gasteiger charge is 2.66. The maximum atomic E-state index is 13.1. The molecule has 2 bridgehead atoms. The second kappa shape index (κ2) is 6.21. The van der Waals surface area contributed by atoms with E-state index in [1.54, 1.807) is 30.2 Å². The summed E-state index contributed by atoms with van der Waals surface area (Å²) in [6, 6.07) is 0. The first-order valence-corrected chi connectivity index (χ1v) is 8.85. The van der Waals surface area contributed by atoms with Crippen LogP contribution in [0, 0.1) is 18.8 Å². The van der Waals surface area contributed by atoms with Crippen molar-refractivity contribution in [2.24, 2.45) is 11.8 Å². The Hall–Kier alpha value is -2.19. The third-order valence-electron chi connectivity index (χ3n) is 5.55. The minimum absolute atomic E-state index is 0.0190. The van der Waals surface area contributed by atoms with E-state index in [4.69, 9.17) is 9.47 Å². The summed E-state index contributed by atoms with van der Waals surface area (Å²) in [6.07, 6.45) is 5.30. The number of rotatable bonds is 6. The molecule has 1 N–H and O–H groups in total. The van der Waals surface area contributed by atoms with Gasteiger partial charge in [0.15, 0.2) is 0 Å². The highest BCUT2D eigenvalue weighted by atomic mass is 16.5. The van der Waals surface area contributed by atoms with Crippen LogP contribution in [0.2, 0.25) is 0 Å². The fourth-order valence-corrected chi connectivity index (χ4v) is 4.36. The van der Waals surface area contributed by atoms with Crippen molar-refractivity contribution in [3.8, 4) is 0 Å². The number of hydrogen-bond donors (Lipinski definition) is 1. The zero-order valence-corrected chi connectivity index (χ0v) is 15.3. The number of carbonyl (C=O) groups excluding carboxylic acids is 2. The Labute approximate surface area is 152 Å². The topological polar surface area (TPSA) is 87.8 Å². The monoisotopic (exact) mass is 360 g/mol. The van der Waals surface area contributed by atoms with Crippen molar-refractivity contribution >= 4 is 11.8 Å². The van der Waals surface area contributed by atoms with Crippen molar-refractivity contribution in [3.05, 3.63) is 29.9 Å². The van der Waals surface area contributed by atoms with Crippen LogP contribution in [0.3, 0.4) is 0 Å². The molecule has 1 aromatic rings. The van der Waals surface area contributed by atoms with Gasteiger partial charge in [0.1, 0.15) is 11.4 Å². The number of fused-ring (bicyclic) bond motifs is 1. The summed E-state index contributed by atoms with van der Waals surface area (Å²) in [7, 11) is 3.35. The lowest BCUT2D eigenvalue weighted by atomic mass is 9.76. The van der Waals surface area contributed by atoms with Gasteiger partial charge in [0.05, 0.1) is 37.6 Å². The van der Waals surface area contributed by atoms with Gasteiger partial charge in [-0.25, -0.2) is 4.98 Å². The van der Waals surface area contributed by atoms with E-state index >= 15 is 0 Å². The van der Waals surface area contributed by atoms with Crippen molar-refractivity contribution < 1.29 is 19.1 Å². The molecule has 4 atom stereocenters. The van der Waals surface area contributed by atoms with Gasteiger partial charge in [0.2, 0.25) is 11.8 Å². The Bertz CT molecular complexity index is 760. The summed E-state index contributed by atoms with van der Waals surface area (Å²) in [5.41, 5.74) is 0.281. The van der Waals surface area contributed by atoms with Gasteiger partial charge < -0.3 is 24.3 Å². The number of aryl methyl sites for hydroxylation is 1. The van der Waals surface area contributed by atoms with Crippen molar-refractivity contribution in [2.45, 2.75) is 25.2 Å². The maximum Gasteiger partial charge on any atom is 0.230 e. The minimum Gasteiger partial charge on any atom is -0.383 e. The summed E-state index contributed by atoms with van der Waals surface area (Å²) in [5, 5.41) is 0. The third kappa shape index (κ3) is 2.55. The lowest BCUT2D eigenvalue weighted by molar-refractivity contribution is -0.143. The van der Waals surface area contributed by atoms with Gasteiger partial charge in [0, 0.05) is 32.6 Å². The number of aromatic nitrogens is 2. The number of ether oxygens (including phenoxy) is 2. The first-order chi connectivity index (χ1) is 12.4. The number of likely N-dealkylation sites (tertiary alicyclic amines) is 1. The SMILES string of the molecule is COCCN1C[C@]23C=C[C@H](O2)C(C(=O)N(C)Cc2ncc(C)[nH]2)C3C1=O. The smallest absolute Gasteiger partial charge is 0.230 e. The molecule has 26 heavy (non-hydrogen) atoms. The van der Waals surface area contributed by atoms with Crippen LogP contribution in [0.1, 0.15) is 11.5 Å². The number of amides is 2. The number of imidazole rings is 1. The van der Waals surface area contributed by atoms with E-state index in [0.717, 1.165) is 11.5 Å². The van der Waals surface area contributed by atoms with E-state index < -0.39 is 17.4 Å². The lowest BCUT2D eigenvalue weighted by Gasteiger charge is -2.27. The Balaban J connectivity index is 1.52. The van der Waals surface area contributed by atoms with Gasteiger partial charge in [-0.3, -0.25) is 9.59 Å². The number of hydrogen-bond acceptors (Lipinski definition) is 5. The lowest BCUT2D eigenvalue weighted by Crippen LogP contribution is -2.44. The van der Waals surface area contributed by atoms with Crippen LogP contribution in [0.4, 0.5) is 0 Å². The Morgan fingerprint density at radius 1 is 1.58 bits per heavy atom. The molecule has 8 nitrogen and oxygen atoms in total. The molecule has 0 aliphatic carbocycles. The second-order valence-corrected chi connectivity index (χ2v) is 7.36. The van der Waals surface area contributed by atoms with Gasteiger partial charge >= 0.3 is 0 Å². The molecule has 4 heterocycles. The van der Waals surface area contributed by atoms with Crippen LogP contribution < -0.4 is 0 Å². The third-order valence-corrected chi connectivity index (χ3v) is 5.55. The van der Waals surface area contributed by atoms with E-state index in [1.165, 1.54) is 0 Å². The molecule has 3 aliphatic heterocycles. The van der Waals surface area contributed by atoms with Crippen molar-refractivity contribution in [1.29, 1.82) is 0 Å². The molecule has 8 heteroatoms. The number of H-pyrrole nitrogens is 1. The largest absolute Gasteiger partial charge is 0.383 e. The summed E-state index contributed by atoms with van der Waals surface area (Å²) in [5.74, 6) is -0.312. The van der Waals surface area contributed by atoms with Crippen LogP contribution in [0.25, 0.3) is 0 Å². The minimum atomic E-state index is -0.669. The molecule has 2 fully saturated rings. The molecular weight excluding hydrogens is 336 g/mol. The molecule has 1 aromatic heterocycles. The standard InChI is InChI=1S/C18H24N4O4/c1-11-8-19-13(20-11)9-21(2)16(23)14-12-4-5-18(26-12)10-22(6-7-25-3)17(24)15(14)18/h4-5,8,12,14-15H,6-7,9-10H2,1-3H3,(H,19,20)/t12-,14?,15?,18-/m0/s1. The highest BCUT2D eigenvalue weighted by molar-refractivity contribution is 5.92. The van der Waals surface area contributed by atoms with E-state index in [-0.39, 0.29) is 17.9 Å². The molecule has 0 radical (unpaired) electrons. The Morgan fingerprint density at radius 3 is 3.08 bits per heavy atom. The molecule has 0 saturated carbocycles. The van der Waals surface area contributed by atoms with E-state index in [0.29, 0.717) is 26.2 Å². The van der Waals surface area contributed by atoms with Crippen molar-refractivity contribution in [3.63, 3.8) is 0 Å². The molecule has 4 rings (SSSR count). The summed E-state index contributed by atoms with van der Waals surface area (Å²) in [6.45, 7) is 3.76. The van der Waals surface area contributed by atoms with Crippen LogP contribution in [0.5, 0.6) is 0 Å². The summed E-state index contributed by atoms with van der Waals surface area (Å²) < 4.78 is 11.2. The van der Waals surface area contributed by atoms with Gasteiger partial charge in [-0.15, -0.1) is 0 Å². The number of aromatic amines is 1. The summed E-state index contributed by atoms with van der Waals surface area (Å²) >= 11 is 0. The Morgan fingerprint density at radius 2 is 2.38 bits per heavy atom. The fraction of sp³-hybridized carbons (Fsp3) is 0.611. The van der Waals surface area contributed by atoms with Crippen LogP contribution in [-0.2, 0) is 25.6 Å². The molecule has 2 saturated heterocycles. The highest BCUT2D eigenvalue weighted by Crippen LogP contribution is 2.52. The van der Waals surface area contributed by atoms with E-state index in [2.05, 4.69) is 9.97 Å². The zero-order valence-electron chi connectivity index (χ0n) is 15.3. The zero-order chi connectivity index (χ0) is 18.5. The maximum absolute atomic E-state index is 13.1. The number of nitrogens with zero attached hydrogens (tertiary/aromatic N) is 3. The molecule has 140 valence electrons. The van der Waals surface area contributed by atoms with Crippen LogP contribution in [0.15, 0.2) is 18.3 Å². The molecule has 3 aliphatic rings. The number of carbonyl (C=O) groups is 2. The molecule has 1 spiro atoms. The van der Waals surface area contributed by atoms with E-state index in [1.807, 2.05) is 19.1 Å². The summed E-state index contributed by atoms with van der Waals surface area (Å²) in [4.78, 5) is 36.8. The predicted octanol–water partition coefficient (Wildman–Crippen LogP) is 0.105. The van der Waals surface area contributed by atoms with Gasteiger partial charge in [0.25, 0.3) is 0 Å².